The topological polar surface area (TPSA) is 63.3 Å². The van der Waals surface area contributed by atoms with Crippen molar-refractivity contribution in [3.05, 3.63) is 52.5 Å². The fourth-order valence-electron chi connectivity index (χ4n) is 2.16. The highest BCUT2D eigenvalue weighted by Gasteiger charge is 2.12. The summed E-state index contributed by atoms with van der Waals surface area (Å²) in [5, 5.41) is 9.62. The zero-order chi connectivity index (χ0) is 15.0. The van der Waals surface area contributed by atoms with Crippen LogP contribution in [0, 0.1) is 0 Å². The molecule has 0 atom stereocenters. The summed E-state index contributed by atoms with van der Waals surface area (Å²) in [4.78, 5) is 15.4. The standard InChI is InChI=1S/C16H12ClNO3/c1-2-9-5-11(7-12(17)6-9)15-18-13-4-3-10(16(19)20)8-14(13)21-15/h3-8H,2H2,1H3,(H,19,20). The van der Waals surface area contributed by atoms with E-state index in [1.165, 1.54) is 12.1 Å². The average molecular weight is 302 g/mol. The van der Waals surface area contributed by atoms with E-state index >= 15 is 0 Å². The largest absolute Gasteiger partial charge is 0.478 e. The molecule has 2 aromatic carbocycles. The van der Waals surface area contributed by atoms with Gasteiger partial charge in [0.15, 0.2) is 5.58 Å². The Hall–Kier alpha value is -2.33. The van der Waals surface area contributed by atoms with Gasteiger partial charge < -0.3 is 9.52 Å². The Morgan fingerprint density at radius 2 is 2.10 bits per heavy atom. The molecule has 0 aliphatic heterocycles. The van der Waals surface area contributed by atoms with Crippen LogP contribution in [0.4, 0.5) is 0 Å². The fourth-order valence-corrected chi connectivity index (χ4v) is 2.42. The second-order valence-electron chi connectivity index (χ2n) is 4.71. The maximum atomic E-state index is 11.0. The number of hydrogen-bond donors (Lipinski definition) is 1. The third-order valence-electron chi connectivity index (χ3n) is 3.25. The summed E-state index contributed by atoms with van der Waals surface area (Å²) in [6.45, 7) is 2.04. The second kappa shape index (κ2) is 5.22. The molecule has 0 amide bonds. The Balaban J connectivity index is 2.12. The lowest BCUT2D eigenvalue weighted by Crippen LogP contribution is -1.94. The van der Waals surface area contributed by atoms with Gasteiger partial charge in [-0.15, -0.1) is 0 Å². The zero-order valence-corrected chi connectivity index (χ0v) is 12.0. The molecule has 3 aromatic rings. The number of carbonyl (C=O) groups is 1. The summed E-state index contributed by atoms with van der Waals surface area (Å²) in [6.07, 6.45) is 0.858. The summed E-state index contributed by atoms with van der Waals surface area (Å²) in [7, 11) is 0. The van der Waals surface area contributed by atoms with Crippen LogP contribution in [0.1, 0.15) is 22.8 Å². The summed E-state index contributed by atoms with van der Waals surface area (Å²) in [5.74, 6) is -0.560. The first-order valence-electron chi connectivity index (χ1n) is 6.50. The molecule has 1 N–H and O–H groups in total. The highest BCUT2D eigenvalue weighted by atomic mass is 35.5. The summed E-state index contributed by atoms with van der Waals surface area (Å²) in [5.41, 5.74) is 3.11. The predicted octanol–water partition coefficient (Wildman–Crippen LogP) is 4.41. The number of nitrogens with zero attached hydrogens (tertiary/aromatic N) is 1. The minimum atomic E-state index is -0.995. The number of oxazole rings is 1. The SMILES string of the molecule is CCc1cc(Cl)cc(-c2nc3ccc(C(=O)O)cc3o2)c1. The number of carboxylic acids is 1. The van der Waals surface area contributed by atoms with Gasteiger partial charge in [-0.2, -0.15) is 0 Å². The number of aryl methyl sites for hydroxylation is 1. The molecule has 0 aliphatic carbocycles. The second-order valence-corrected chi connectivity index (χ2v) is 5.14. The van der Waals surface area contributed by atoms with E-state index in [1.807, 2.05) is 19.1 Å². The van der Waals surface area contributed by atoms with Gasteiger partial charge in [-0.1, -0.05) is 18.5 Å². The first-order valence-corrected chi connectivity index (χ1v) is 6.88. The van der Waals surface area contributed by atoms with Crippen molar-refractivity contribution in [3.63, 3.8) is 0 Å². The van der Waals surface area contributed by atoms with E-state index in [9.17, 15) is 4.79 Å². The lowest BCUT2D eigenvalue weighted by Gasteiger charge is -2.01. The van der Waals surface area contributed by atoms with E-state index in [2.05, 4.69) is 4.98 Å². The zero-order valence-electron chi connectivity index (χ0n) is 11.3. The van der Waals surface area contributed by atoms with Crippen LogP contribution in [0.2, 0.25) is 5.02 Å². The van der Waals surface area contributed by atoms with Crippen molar-refractivity contribution in [3.8, 4) is 11.5 Å². The highest BCUT2D eigenvalue weighted by molar-refractivity contribution is 6.30. The van der Waals surface area contributed by atoms with Crippen LogP contribution in [-0.2, 0) is 6.42 Å². The quantitative estimate of drug-likeness (QED) is 0.778. The van der Waals surface area contributed by atoms with Gasteiger partial charge in [0.25, 0.3) is 0 Å². The molecule has 0 unspecified atom stereocenters. The van der Waals surface area contributed by atoms with Crippen molar-refractivity contribution in [2.75, 3.05) is 0 Å². The smallest absolute Gasteiger partial charge is 0.335 e. The van der Waals surface area contributed by atoms with Gasteiger partial charge in [-0.3, -0.25) is 0 Å². The molecule has 0 aliphatic rings. The van der Waals surface area contributed by atoms with E-state index in [4.69, 9.17) is 21.1 Å². The van der Waals surface area contributed by atoms with Gasteiger partial charge in [0.1, 0.15) is 5.52 Å². The molecule has 3 rings (SSSR count). The van der Waals surface area contributed by atoms with Crippen molar-refractivity contribution in [2.24, 2.45) is 0 Å². The fraction of sp³-hybridized carbons (Fsp3) is 0.125. The van der Waals surface area contributed by atoms with Crippen molar-refractivity contribution >= 4 is 28.7 Å². The molecular weight excluding hydrogens is 290 g/mol. The minimum Gasteiger partial charge on any atom is -0.478 e. The molecule has 1 aromatic heterocycles. The maximum Gasteiger partial charge on any atom is 0.335 e. The third-order valence-corrected chi connectivity index (χ3v) is 3.47. The lowest BCUT2D eigenvalue weighted by molar-refractivity contribution is 0.0697. The van der Waals surface area contributed by atoms with Crippen LogP contribution in [0.5, 0.6) is 0 Å². The molecule has 0 saturated carbocycles. The third kappa shape index (κ3) is 2.62. The molecule has 0 fully saturated rings. The van der Waals surface area contributed by atoms with Gasteiger partial charge in [-0.05, 0) is 48.4 Å². The number of fused-ring (bicyclic) bond motifs is 1. The number of benzene rings is 2. The molecule has 0 saturated heterocycles. The minimum absolute atomic E-state index is 0.172. The number of aromatic nitrogens is 1. The number of hydrogen-bond acceptors (Lipinski definition) is 3. The molecular formula is C16H12ClNO3. The summed E-state index contributed by atoms with van der Waals surface area (Å²) >= 11 is 6.10. The first-order chi connectivity index (χ1) is 10.1. The average Bonchev–Trinajstić information content (AvgIpc) is 2.89. The van der Waals surface area contributed by atoms with E-state index < -0.39 is 5.97 Å². The lowest BCUT2D eigenvalue weighted by atomic mass is 10.1. The Labute approximate surface area is 126 Å². The Morgan fingerprint density at radius 3 is 2.81 bits per heavy atom. The molecule has 5 heteroatoms. The number of halogens is 1. The number of carboxylic acid groups (broad SMARTS) is 1. The molecule has 1 heterocycles. The predicted molar refractivity (Wildman–Crippen MR) is 80.8 cm³/mol. The Kier molecular flexibility index (Phi) is 3.39. The van der Waals surface area contributed by atoms with Gasteiger partial charge in [0, 0.05) is 10.6 Å². The summed E-state index contributed by atoms with van der Waals surface area (Å²) < 4.78 is 5.67. The van der Waals surface area contributed by atoms with Crippen LogP contribution >= 0.6 is 11.6 Å². The monoisotopic (exact) mass is 301 g/mol. The Bertz CT molecular complexity index is 839. The van der Waals surface area contributed by atoms with Crippen LogP contribution < -0.4 is 0 Å². The van der Waals surface area contributed by atoms with Crippen LogP contribution in [-0.4, -0.2) is 16.1 Å². The van der Waals surface area contributed by atoms with Crippen LogP contribution in [0.25, 0.3) is 22.6 Å². The highest BCUT2D eigenvalue weighted by Crippen LogP contribution is 2.28. The molecule has 21 heavy (non-hydrogen) atoms. The normalized spacial score (nSPS) is 11.0. The number of rotatable bonds is 3. The van der Waals surface area contributed by atoms with E-state index in [0.717, 1.165) is 17.5 Å². The van der Waals surface area contributed by atoms with Gasteiger partial charge >= 0.3 is 5.97 Å². The van der Waals surface area contributed by atoms with E-state index in [-0.39, 0.29) is 5.56 Å². The molecule has 106 valence electrons. The molecule has 4 nitrogen and oxygen atoms in total. The molecule has 0 spiro atoms. The Morgan fingerprint density at radius 1 is 1.29 bits per heavy atom. The molecule has 0 bridgehead atoms. The van der Waals surface area contributed by atoms with Gasteiger partial charge in [0.2, 0.25) is 5.89 Å². The van der Waals surface area contributed by atoms with Gasteiger partial charge in [0.05, 0.1) is 5.56 Å². The van der Waals surface area contributed by atoms with E-state index in [1.54, 1.807) is 12.1 Å². The van der Waals surface area contributed by atoms with Crippen molar-refractivity contribution in [2.45, 2.75) is 13.3 Å². The number of aromatic carboxylic acids is 1. The maximum absolute atomic E-state index is 11.0. The van der Waals surface area contributed by atoms with Gasteiger partial charge in [-0.25, -0.2) is 9.78 Å². The van der Waals surface area contributed by atoms with E-state index in [0.29, 0.717) is 22.0 Å². The van der Waals surface area contributed by atoms with Crippen LogP contribution in [0.3, 0.4) is 0 Å². The molecule has 0 radical (unpaired) electrons. The van der Waals surface area contributed by atoms with Crippen molar-refractivity contribution in [1.29, 1.82) is 0 Å². The van der Waals surface area contributed by atoms with Crippen LogP contribution in [0.15, 0.2) is 40.8 Å². The van der Waals surface area contributed by atoms with Crippen molar-refractivity contribution < 1.29 is 14.3 Å². The van der Waals surface area contributed by atoms with Crippen molar-refractivity contribution in [1.82, 2.24) is 4.98 Å². The summed E-state index contributed by atoms with van der Waals surface area (Å²) in [6, 6.07) is 10.3. The first kappa shape index (κ1) is 13.6.